The molecule has 0 radical (unpaired) electrons. The van der Waals surface area contributed by atoms with Crippen LogP contribution in [0.1, 0.15) is 55.5 Å². The number of nitrogens with zero attached hydrogens (tertiary/aromatic N) is 4. The molecule has 0 fully saturated rings. The lowest BCUT2D eigenvalue weighted by Gasteiger charge is -2.32. The van der Waals surface area contributed by atoms with Crippen molar-refractivity contribution in [2.75, 3.05) is 0 Å². The summed E-state index contributed by atoms with van der Waals surface area (Å²) < 4.78 is 30.4. The van der Waals surface area contributed by atoms with Crippen molar-refractivity contribution in [3.63, 3.8) is 0 Å². The van der Waals surface area contributed by atoms with Gasteiger partial charge in [-0.15, -0.1) is 5.10 Å². The Morgan fingerprint density at radius 1 is 1.07 bits per heavy atom. The highest BCUT2D eigenvalue weighted by molar-refractivity contribution is 5.62. The van der Waals surface area contributed by atoms with Gasteiger partial charge in [0.25, 0.3) is 0 Å². The minimum absolute atomic E-state index is 0.0921. The van der Waals surface area contributed by atoms with E-state index in [4.69, 9.17) is 0 Å². The van der Waals surface area contributed by atoms with Gasteiger partial charge in [0.2, 0.25) is 0 Å². The van der Waals surface area contributed by atoms with E-state index in [-0.39, 0.29) is 23.1 Å². The Morgan fingerprint density at radius 2 is 1.81 bits per heavy atom. The third kappa shape index (κ3) is 3.03. The van der Waals surface area contributed by atoms with Crippen LogP contribution < -0.4 is 0 Å². The Bertz CT molecular complexity index is 960. The summed E-state index contributed by atoms with van der Waals surface area (Å²) in [5.41, 5.74) is 3.15. The Kier molecular flexibility index (Phi) is 4.50. The van der Waals surface area contributed by atoms with Gasteiger partial charge in [0.05, 0.1) is 17.0 Å². The van der Waals surface area contributed by atoms with Crippen LogP contribution in [0.5, 0.6) is 0 Å². The molecule has 4 rings (SSSR count). The molecule has 4 nitrogen and oxygen atoms in total. The highest BCUT2D eigenvalue weighted by Gasteiger charge is 2.33. The molecule has 1 aliphatic rings. The first-order chi connectivity index (χ1) is 13.0. The van der Waals surface area contributed by atoms with E-state index in [9.17, 15) is 8.78 Å². The average molecular weight is 368 g/mol. The van der Waals surface area contributed by atoms with Crippen molar-refractivity contribution >= 4 is 0 Å². The van der Waals surface area contributed by atoms with Gasteiger partial charge in [-0.1, -0.05) is 19.9 Å². The number of rotatable bonds is 3. The molecule has 0 saturated carbocycles. The van der Waals surface area contributed by atoms with Crippen LogP contribution in [0, 0.1) is 17.6 Å². The number of benzene rings is 1. The number of fused-ring (bicyclic) bond motifs is 1. The summed E-state index contributed by atoms with van der Waals surface area (Å²) in [5.74, 6) is -0.462. The predicted molar refractivity (Wildman–Crippen MR) is 99.2 cm³/mol. The van der Waals surface area contributed by atoms with Crippen molar-refractivity contribution < 1.29 is 8.78 Å². The maximum atomic E-state index is 14.3. The molecule has 140 valence electrons. The van der Waals surface area contributed by atoms with Gasteiger partial charge in [-0.3, -0.25) is 4.68 Å². The van der Waals surface area contributed by atoms with Crippen molar-refractivity contribution in [2.24, 2.45) is 13.0 Å². The summed E-state index contributed by atoms with van der Waals surface area (Å²) in [6.07, 6.45) is 3.73. The van der Waals surface area contributed by atoms with Crippen LogP contribution in [0.4, 0.5) is 8.78 Å². The Labute approximate surface area is 157 Å². The molecule has 3 aromatic rings. The molecule has 0 spiro atoms. The molecule has 1 aliphatic carbocycles. The number of hydrogen-bond acceptors (Lipinski definition) is 3. The lowest BCUT2D eigenvalue weighted by atomic mass is 9.73. The van der Waals surface area contributed by atoms with Crippen LogP contribution in [0.15, 0.2) is 36.5 Å². The van der Waals surface area contributed by atoms with Gasteiger partial charge in [-0.05, 0) is 54.5 Å². The first-order valence-electron chi connectivity index (χ1n) is 9.27. The number of hydrogen-bond donors (Lipinski definition) is 0. The molecule has 27 heavy (non-hydrogen) atoms. The van der Waals surface area contributed by atoms with E-state index in [0.717, 1.165) is 29.8 Å². The van der Waals surface area contributed by atoms with E-state index < -0.39 is 11.6 Å². The van der Waals surface area contributed by atoms with Gasteiger partial charge < -0.3 is 0 Å². The van der Waals surface area contributed by atoms with E-state index in [2.05, 4.69) is 29.1 Å². The van der Waals surface area contributed by atoms with Gasteiger partial charge >= 0.3 is 0 Å². The summed E-state index contributed by atoms with van der Waals surface area (Å²) >= 11 is 0. The maximum absolute atomic E-state index is 14.3. The Morgan fingerprint density at radius 3 is 2.44 bits per heavy atom. The normalized spacial score (nSPS) is 19.3. The second-order valence-electron chi connectivity index (χ2n) is 7.53. The zero-order valence-electron chi connectivity index (χ0n) is 15.7. The fourth-order valence-corrected chi connectivity index (χ4v) is 4.19. The van der Waals surface area contributed by atoms with E-state index in [1.165, 1.54) is 18.2 Å². The number of aromatic nitrogens is 4. The lowest BCUT2D eigenvalue weighted by molar-refractivity contribution is 0.403. The molecule has 6 heteroatoms. The third-order valence-electron chi connectivity index (χ3n) is 5.59. The zero-order chi connectivity index (χ0) is 19.1. The molecule has 0 N–H and O–H groups in total. The SMILES string of the molecule is CC(C)C1CCC(c2ccnn2C)c2nnc(-c3c(F)cccc3F)cc21. The minimum Gasteiger partial charge on any atom is -0.272 e. The fraction of sp³-hybridized carbons (Fsp3) is 0.381. The third-order valence-corrected chi connectivity index (χ3v) is 5.59. The van der Waals surface area contributed by atoms with Crippen LogP contribution in [0.25, 0.3) is 11.3 Å². The summed E-state index contributed by atoms with van der Waals surface area (Å²) in [6, 6.07) is 7.68. The molecule has 2 aromatic heterocycles. The highest BCUT2D eigenvalue weighted by Crippen LogP contribution is 2.44. The van der Waals surface area contributed by atoms with E-state index in [1.807, 2.05) is 23.9 Å². The number of aryl methyl sites for hydroxylation is 1. The van der Waals surface area contributed by atoms with Crippen molar-refractivity contribution in [3.8, 4) is 11.3 Å². The fourth-order valence-electron chi connectivity index (χ4n) is 4.19. The molecule has 0 amide bonds. The van der Waals surface area contributed by atoms with Crippen molar-refractivity contribution in [3.05, 3.63) is 65.1 Å². The van der Waals surface area contributed by atoms with E-state index in [0.29, 0.717) is 5.92 Å². The highest BCUT2D eigenvalue weighted by atomic mass is 19.1. The van der Waals surface area contributed by atoms with Gasteiger partial charge in [0.1, 0.15) is 11.6 Å². The molecular formula is C21H22F2N4. The van der Waals surface area contributed by atoms with Crippen LogP contribution in [0.3, 0.4) is 0 Å². The molecule has 2 atom stereocenters. The summed E-state index contributed by atoms with van der Waals surface area (Å²) in [4.78, 5) is 0. The van der Waals surface area contributed by atoms with Gasteiger partial charge in [0.15, 0.2) is 0 Å². The van der Waals surface area contributed by atoms with E-state index in [1.54, 1.807) is 6.20 Å². The topological polar surface area (TPSA) is 43.6 Å². The van der Waals surface area contributed by atoms with Crippen LogP contribution in [0.2, 0.25) is 0 Å². The molecule has 0 aliphatic heterocycles. The Balaban J connectivity index is 1.87. The van der Waals surface area contributed by atoms with Crippen LogP contribution in [-0.4, -0.2) is 20.0 Å². The molecular weight excluding hydrogens is 346 g/mol. The minimum atomic E-state index is -0.621. The second-order valence-corrected chi connectivity index (χ2v) is 7.53. The summed E-state index contributed by atoms with van der Waals surface area (Å²) in [7, 11) is 1.92. The Hall–Kier alpha value is -2.63. The average Bonchev–Trinajstić information content (AvgIpc) is 3.06. The second kappa shape index (κ2) is 6.83. The number of halogens is 2. The van der Waals surface area contributed by atoms with E-state index >= 15 is 0 Å². The predicted octanol–water partition coefficient (Wildman–Crippen LogP) is 4.82. The van der Waals surface area contributed by atoms with Crippen LogP contribution in [-0.2, 0) is 7.05 Å². The van der Waals surface area contributed by atoms with Gasteiger partial charge in [0, 0.05) is 24.9 Å². The first kappa shape index (κ1) is 17.8. The summed E-state index contributed by atoms with van der Waals surface area (Å²) in [5, 5.41) is 12.9. The van der Waals surface area contributed by atoms with Crippen molar-refractivity contribution in [1.29, 1.82) is 0 Å². The van der Waals surface area contributed by atoms with Gasteiger partial charge in [-0.25, -0.2) is 8.78 Å². The molecule has 1 aromatic carbocycles. The van der Waals surface area contributed by atoms with Crippen LogP contribution >= 0.6 is 0 Å². The summed E-state index contributed by atoms with van der Waals surface area (Å²) in [6.45, 7) is 4.34. The lowest BCUT2D eigenvalue weighted by Crippen LogP contribution is -2.22. The molecule has 0 bridgehead atoms. The monoisotopic (exact) mass is 368 g/mol. The molecule has 2 unspecified atom stereocenters. The van der Waals surface area contributed by atoms with Gasteiger partial charge in [-0.2, -0.15) is 10.2 Å². The van der Waals surface area contributed by atoms with Crippen molar-refractivity contribution in [2.45, 2.75) is 38.5 Å². The molecule has 2 heterocycles. The molecule has 0 saturated heterocycles. The smallest absolute Gasteiger partial charge is 0.135 e. The standard InChI is InChI=1S/C21H22F2N4/c1-12(2)13-7-8-14(19-9-10-24-27(19)3)21-15(13)11-18(25-26-21)20-16(22)5-4-6-17(20)23/h4-6,9-14H,7-8H2,1-3H3. The quantitative estimate of drug-likeness (QED) is 0.666. The zero-order valence-corrected chi connectivity index (χ0v) is 15.7. The maximum Gasteiger partial charge on any atom is 0.135 e. The van der Waals surface area contributed by atoms with Crippen molar-refractivity contribution in [1.82, 2.24) is 20.0 Å². The first-order valence-corrected chi connectivity index (χ1v) is 9.27. The largest absolute Gasteiger partial charge is 0.272 e.